The second-order valence-corrected chi connectivity index (χ2v) is 5.52. The lowest BCUT2D eigenvalue weighted by molar-refractivity contribution is -0.122. The fraction of sp³-hybridized carbons (Fsp3) is 0.263. The second-order valence-electron chi connectivity index (χ2n) is 5.52. The molecule has 138 valence electrons. The molecule has 2 aromatic carbocycles. The molecule has 7 heteroatoms. The van der Waals surface area contributed by atoms with Crippen LogP contribution in [0, 0.1) is 6.92 Å². The average molecular weight is 358 g/mol. The minimum absolute atomic E-state index is 0.107. The standard InChI is InChI=1S/C19H22N2O5/c1-13-4-6-15(7-5-13)26-9-8-18(22)20-21-19(23)14-10-16(24-2)12-17(11-14)25-3/h4-7,10-12H,8-9H2,1-3H3,(H,20,22)(H,21,23). The summed E-state index contributed by atoms with van der Waals surface area (Å²) in [6.07, 6.45) is 0.107. The Labute approximate surface area is 152 Å². The third-order valence-electron chi connectivity index (χ3n) is 3.55. The predicted molar refractivity (Wildman–Crippen MR) is 96.4 cm³/mol. The maximum absolute atomic E-state index is 12.1. The summed E-state index contributed by atoms with van der Waals surface area (Å²) < 4.78 is 15.7. The quantitative estimate of drug-likeness (QED) is 0.742. The van der Waals surface area contributed by atoms with Crippen molar-refractivity contribution >= 4 is 11.8 Å². The number of hydrogen-bond donors (Lipinski definition) is 2. The van der Waals surface area contributed by atoms with Crippen molar-refractivity contribution in [2.75, 3.05) is 20.8 Å². The maximum Gasteiger partial charge on any atom is 0.269 e. The smallest absolute Gasteiger partial charge is 0.269 e. The minimum Gasteiger partial charge on any atom is -0.497 e. The third-order valence-corrected chi connectivity index (χ3v) is 3.55. The van der Waals surface area contributed by atoms with E-state index in [0.29, 0.717) is 22.8 Å². The van der Waals surface area contributed by atoms with Crippen LogP contribution in [-0.4, -0.2) is 32.6 Å². The van der Waals surface area contributed by atoms with E-state index in [4.69, 9.17) is 14.2 Å². The van der Waals surface area contributed by atoms with Gasteiger partial charge in [-0.3, -0.25) is 20.4 Å². The van der Waals surface area contributed by atoms with Gasteiger partial charge in [-0.2, -0.15) is 0 Å². The lowest BCUT2D eigenvalue weighted by Crippen LogP contribution is -2.42. The molecule has 0 atom stereocenters. The van der Waals surface area contributed by atoms with E-state index in [0.717, 1.165) is 5.56 Å². The summed E-state index contributed by atoms with van der Waals surface area (Å²) in [4.78, 5) is 24.0. The zero-order valence-corrected chi connectivity index (χ0v) is 15.0. The summed E-state index contributed by atoms with van der Waals surface area (Å²) in [5, 5.41) is 0. The molecule has 0 aliphatic carbocycles. The van der Waals surface area contributed by atoms with E-state index in [1.165, 1.54) is 14.2 Å². The molecule has 26 heavy (non-hydrogen) atoms. The van der Waals surface area contributed by atoms with Gasteiger partial charge in [-0.25, -0.2) is 0 Å². The number of nitrogens with one attached hydrogen (secondary N) is 2. The Bertz CT molecular complexity index is 737. The summed E-state index contributed by atoms with van der Waals surface area (Å²) in [7, 11) is 2.98. The molecule has 0 heterocycles. The van der Waals surface area contributed by atoms with Crippen LogP contribution >= 0.6 is 0 Å². The first-order chi connectivity index (χ1) is 12.5. The Morgan fingerprint density at radius 1 is 0.885 bits per heavy atom. The molecule has 0 spiro atoms. The van der Waals surface area contributed by atoms with Gasteiger partial charge < -0.3 is 14.2 Å². The first-order valence-electron chi connectivity index (χ1n) is 8.03. The van der Waals surface area contributed by atoms with Crippen molar-refractivity contribution in [1.29, 1.82) is 0 Å². The number of rotatable bonds is 7. The van der Waals surface area contributed by atoms with Gasteiger partial charge in [-0.15, -0.1) is 0 Å². The topological polar surface area (TPSA) is 85.9 Å². The van der Waals surface area contributed by atoms with E-state index in [2.05, 4.69) is 10.9 Å². The molecule has 0 fully saturated rings. The number of carbonyl (C=O) groups excluding carboxylic acids is 2. The van der Waals surface area contributed by atoms with Gasteiger partial charge in [0, 0.05) is 11.6 Å². The molecule has 0 unspecified atom stereocenters. The number of ether oxygens (including phenoxy) is 3. The van der Waals surface area contributed by atoms with Crippen LogP contribution in [0.3, 0.4) is 0 Å². The number of amides is 2. The number of benzene rings is 2. The molecule has 2 N–H and O–H groups in total. The fourth-order valence-electron chi connectivity index (χ4n) is 2.10. The molecule has 0 aliphatic heterocycles. The predicted octanol–water partition coefficient (Wildman–Crippen LogP) is 2.24. The van der Waals surface area contributed by atoms with E-state index in [-0.39, 0.29) is 18.9 Å². The molecule has 0 aromatic heterocycles. The van der Waals surface area contributed by atoms with Gasteiger partial charge in [0.05, 0.1) is 27.2 Å². The zero-order valence-electron chi connectivity index (χ0n) is 15.0. The van der Waals surface area contributed by atoms with Crippen molar-refractivity contribution < 1.29 is 23.8 Å². The summed E-state index contributed by atoms with van der Waals surface area (Å²) >= 11 is 0. The first kappa shape index (κ1) is 19.1. The molecule has 2 aromatic rings. The highest BCUT2D eigenvalue weighted by Crippen LogP contribution is 2.22. The summed E-state index contributed by atoms with van der Waals surface area (Å²) in [5.74, 6) is 0.811. The van der Waals surface area contributed by atoms with E-state index >= 15 is 0 Å². The van der Waals surface area contributed by atoms with E-state index < -0.39 is 5.91 Å². The van der Waals surface area contributed by atoms with Crippen LogP contribution in [0.2, 0.25) is 0 Å². The van der Waals surface area contributed by atoms with Crippen LogP contribution in [0.25, 0.3) is 0 Å². The number of hydrogen-bond acceptors (Lipinski definition) is 5. The molecule has 2 rings (SSSR count). The highest BCUT2D eigenvalue weighted by Gasteiger charge is 2.11. The van der Waals surface area contributed by atoms with Crippen LogP contribution < -0.4 is 25.1 Å². The normalized spacial score (nSPS) is 9.96. The molecular weight excluding hydrogens is 336 g/mol. The van der Waals surface area contributed by atoms with Crippen molar-refractivity contribution in [2.45, 2.75) is 13.3 Å². The van der Waals surface area contributed by atoms with Crippen LogP contribution in [0.1, 0.15) is 22.3 Å². The van der Waals surface area contributed by atoms with Crippen molar-refractivity contribution in [2.24, 2.45) is 0 Å². The minimum atomic E-state index is -0.477. The highest BCUT2D eigenvalue weighted by atomic mass is 16.5. The van der Waals surface area contributed by atoms with Gasteiger partial charge in [-0.1, -0.05) is 17.7 Å². The lowest BCUT2D eigenvalue weighted by atomic mass is 10.2. The molecule has 0 saturated carbocycles. The van der Waals surface area contributed by atoms with Crippen molar-refractivity contribution in [3.05, 3.63) is 53.6 Å². The Balaban J connectivity index is 1.79. The van der Waals surface area contributed by atoms with Crippen molar-refractivity contribution in [3.63, 3.8) is 0 Å². The Kier molecular flexibility index (Phi) is 6.84. The van der Waals surface area contributed by atoms with E-state index in [1.54, 1.807) is 18.2 Å². The van der Waals surface area contributed by atoms with Gasteiger partial charge >= 0.3 is 0 Å². The van der Waals surface area contributed by atoms with Crippen LogP contribution in [0.15, 0.2) is 42.5 Å². The maximum atomic E-state index is 12.1. The fourth-order valence-corrected chi connectivity index (χ4v) is 2.10. The molecule has 7 nitrogen and oxygen atoms in total. The summed E-state index contributed by atoms with van der Waals surface area (Å²) in [6, 6.07) is 12.3. The zero-order chi connectivity index (χ0) is 18.9. The number of carbonyl (C=O) groups is 2. The highest BCUT2D eigenvalue weighted by molar-refractivity contribution is 5.96. The summed E-state index contributed by atoms with van der Waals surface area (Å²) in [6.45, 7) is 2.19. The van der Waals surface area contributed by atoms with Crippen LogP contribution in [-0.2, 0) is 4.79 Å². The molecular formula is C19H22N2O5. The second kappa shape index (κ2) is 9.31. The van der Waals surface area contributed by atoms with Gasteiger partial charge in [0.25, 0.3) is 5.91 Å². The van der Waals surface area contributed by atoms with Gasteiger partial charge in [0.1, 0.15) is 17.2 Å². The van der Waals surface area contributed by atoms with Gasteiger partial charge in [0.15, 0.2) is 0 Å². The van der Waals surface area contributed by atoms with Crippen molar-refractivity contribution in [1.82, 2.24) is 10.9 Å². The summed E-state index contributed by atoms with van der Waals surface area (Å²) in [5.41, 5.74) is 6.14. The molecule has 2 amide bonds. The molecule has 0 aliphatic rings. The SMILES string of the molecule is COc1cc(OC)cc(C(=O)NNC(=O)CCOc2ccc(C)cc2)c1. The first-order valence-corrected chi connectivity index (χ1v) is 8.03. The third kappa shape index (κ3) is 5.70. The number of hydrazine groups is 1. The number of methoxy groups -OCH3 is 2. The van der Waals surface area contributed by atoms with Crippen LogP contribution in [0.5, 0.6) is 17.2 Å². The van der Waals surface area contributed by atoms with Crippen molar-refractivity contribution in [3.8, 4) is 17.2 Å². The molecule has 0 radical (unpaired) electrons. The Morgan fingerprint density at radius 2 is 1.50 bits per heavy atom. The van der Waals surface area contributed by atoms with E-state index in [1.807, 2.05) is 31.2 Å². The van der Waals surface area contributed by atoms with Gasteiger partial charge in [-0.05, 0) is 31.2 Å². The number of aryl methyl sites for hydroxylation is 1. The van der Waals surface area contributed by atoms with E-state index in [9.17, 15) is 9.59 Å². The average Bonchev–Trinajstić information content (AvgIpc) is 2.67. The largest absolute Gasteiger partial charge is 0.497 e. The van der Waals surface area contributed by atoms with Crippen LogP contribution in [0.4, 0.5) is 0 Å². The monoisotopic (exact) mass is 358 g/mol. The molecule has 0 bridgehead atoms. The Hall–Kier alpha value is -3.22. The van der Waals surface area contributed by atoms with Gasteiger partial charge in [0.2, 0.25) is 5.91 Å². The Morgan fingerprint density at radius 3 is 2.08 bits per heavy atom. The lowest BCUT2D eigenvalue weighted by Gasteiger charge is -2.10. The molecule has 0 saturated heterocycles.